The van der Waals surface area contributed by atoms with Crippen LogP contribution in [0, 0.1) is 6.92 Å². The molecule has 0 aliphatic rings. The van der Waals surface area contributed by atoms with E-state index in [-0.39, 0.29) is 15.8 Å². The second-order valence-corrected chi connectivity index (χ2v) is 9.49. The van der Waals surface area contributed by atoms with Crippen molar-refractivity contribution in [2.75, 3.05) is 18.7 Å². The van der Waals surface area contributed by atoms with Crippen molar-refractivity contribution in [1.82, 2.24) is 9.78 Å². The number of hydrogen-bond acceptors (Lipinski definition) is 6. The minimum atomic E-state index is -3.44. The van der Waals surface area contributed by atoms with Crippen molar-refractivity contribution in [3.05, 3.63) is 51.4 Å². The summed E-state index contributed by atoms with van der Waals surface area (Å²) >= 11 is 7.28. The Morgan fingerprint density at radius 2 is 2.04 bits per heavy atom. The monoisotopic (exact) mass is 425 g/mol. The van der Waals surface area contributed by atoms with Crippen LogP contribution in [0.5, 0.6) is 5.75 Å². The van der Waals surface area contributed by atoms with Gasteiger partial charge < -0.3 is 10.1 Å². The summed E-state index contributed by atoms with van der Waals surface area (Å²) in [5, 5.41) is 7.12. The van der Waals surface area contributed by atoms with E-state index in [9.17, 15) is 13.2 Å². The van der Waals surface area contributed by atoms with Crippen molar-refractivity contribution < 1.29 is 17.9 Å². The minimum Gasteiger partial charge on any atom is -0.493 e. The number of carbonyl (C=O) groups is 1. The highest BCUT2D eigenvalue weighted by Crippen LogP contribution is 2.28. The van der Waals surface area contributed by atoms with Gasteiger partial charge in [0.05, 0.1) is 35.0 Å². The zero-order valence-electron chi connectivity index (χ0n) is 14.7. The van der Waals surface area contributed by atoms with Crippen molar-refractivity contribution in [3.63, 3.8) is 0 Å². The molecule has 0 bridgehead atoms. The molecule has 7 nitrogen and oxygen atoms in total. The number of aryl methyl sites for hydroxylation is 1. The summed E-state index contributed by atoms with van der Waals surface area (Å²) in [4.78, 5) is 14.0. The molecular formula is C17H16ClN3O4S2. The Morgan fingerprint density at radius 1 is 1.30 bits per heavy atom. The van der Waals surface area contributed by atoms with Crippen molar-refractivity contribution in [2.24, 2.45) is 0 Å². The molecule has 0 atom stereocenters. The van der Waals surface area contributed by atoms with Gasteiger partial charge in [0.2, 0.25) is 0 Å². The number of halogens is 1. The average Bonchev–Trinajstić information content (AvgIpc) is 3.19. The molecule has 0 fully saturated rings. The summed E-state index contributed by atoms with van der Waals surface area (Å²) in [7, 11) is -1.89. The van der Waals surface area contributed by atoms with E-state index in [0.717, 1.165) is 16.8 Å². The molecule has 142 valence electrons. The fraction of sp³-hybridized carbons (Fsp3) is 0.176. The predicted octanol–water partition coefficient (Wildman–Crippen LogP) is 3.56. The Kier molecular flexibility index (Phi) is 5.27. The number of nitrogens with zero attached hydrogens (tertiary/aromatic N) is 2. The first-order chi connectivity index (χ1) is 12.7. The van der Waals surface area contributed by atoms with E-state index in [4.69, 9.17) is 16.3 Å². The zero-order chi connectivity index (χ0) is 19.8. The molecule has 3 rings (SSSR count). The first-order valence-corrected chi connectivity index (χ1v) is 10.8. The van der Waals surface area contributed by atoms with Gasteiger partial charge in [-0.2, -0.15) is 5.10 Å². The molecule has 0 saturated carbocycles. The third-order valence-electron chi connectivity index (χ3n) is 3.71. The SMILES string of the molecule is COc1cnn(-c2cc(C(=O)Nc3cc(Cl)cc(S(C)(=O)=O)c3)sc2C)c1. The van der Waals surface area contributed by atoms with E-state index in [2.05, 4.69) is 10.4 Å². The fourth-order valence-corrected chi connectivity index (χ4v) is 4.28. The molecule has 0 spiro atoms. The quantitative estimate of drug-likeness (QED) is 0.674. The number of methoxy groups -OCH3 is 1. The third-order valence-corrected chi connectivity index (χ3v) is 6.06. The summed E-state index contributed by atoms with van der Waals surface area (Å²) in [6.07, 6.45) is 4.37. The van der Waals surface area contributed by atoms with Gasteiger partial charge in [-0.1, -0.05) is 11.6 Å². The van der Waals surface area contributed by atoms with Gasteiger partial charge in [-0.3, -0.25) is 4.79 Å². The number of benzene rings is 1. The Balaban J connectivity index is 1.87. The van der Waals surface area contributed by atoms with Gasteiger partial charge in [-0.15, -0.1) is 11.3 Å². The third kappa shape index (κ3) is 4.32. The summed E-state index contributed by atoms with van der Waals surface area (Å²) in [5.41, 5.74) is 1.07. The molecule has 0 radical (unpaired) electrons. The molecule has 1 N–H and O–H groups in total. The van der Waals surface area contributed by atoms with Crippen LogP contribution < -0.4 is 10.1 Å². The Bertz CT molecular complexity index is 1120. The van der Waals surface area contributed by atoms with E-state index in [1.165, 1.54) is 29.5 Å². The molecule has 1 aromatic carbocycles. The maximum absolute atomic E-state index is 12.6. The summed E-state index contributed by atoms with van der Waals surface area (Å²) in [6.45, 7) is 1.88. The van der Waals surface area contributed by atoms with Crippen LogP contribution in [-0.2, 0) is 9.84 Å². The molecule has 10 heteroatoms. The van der Waals surface area contributed by atoms with Crippen LogP contribution in [0.3, 0.4) is 0 Å². The lowest BCUT2D eigenvalue weighted by Gasteiger charge is -2.07. The van der Waals surface area contributed by atoms with Crippen LogP contribution in [0.4, 0.5) is 5.69 Å². The van der Waals surface area contributed by atoms with Crippen LogP contribution in [0.25, 0.3) is 5.69 Å². The van der Waals surface area contributed by atoms with Gasteiger partial charge in [0.15, 0.2) is 15.6 Å². The number of carbonyl (C=O) groups excluding carboxylic acids is 1. The molecule has 3 aromatic rings. The largest absolute Gasteiger partial charge is 0.493 e. The minimum absolute atomic E-state index is 0.0389. The standard InChI is InChI=1S/C17H16ClN3O4S2/c1-10-15(21-9-13(25-2)8-19-21)7-16(26-10)17(22)20-12-4-11(18)5-14(6-12)27(3,23)24/h4-9H,1-3H3,(H,20,22). The van der Waals surface area contributed by atoms with Gasteiger partial charge >= 0.3 is 0 Å². The number of anilines is 1. The van der Waals surface area contributed by atoms with Gasteiger partial charge in [0, 0.05) is 21.8 Å². The number of hydrogen-bond donors (Lipinski definition) is 1. The number of ether oxygens (including phenoxy) is 1. The smallest absolute Gasteiger partial charge is 0.265 e. The Labute approximate surface area is 165 Å². The second kappa shape index (κ2) is 7.34. The first kappa shape index (κ1) is 19.4. The second-order valence-electron chi connectivity index (χ2n) is 5.78. The molecule has 0 aliphatic heterocycles. The van der Waals surface area contributed by atoms with E-state index >= 15 is 0 Å². The first-order valence-electron chi connectivity index (χ1n) is 7.69. The van der Waals surface area contributed by atoms with Crippen molar-refractivity contribution in [2.45, 2.75) is 11.8 Å². The van der Waals surface area contributed by atoms with Crippen LogP contribution in [0.2, 0.25) is 5.02 Å². The van der Waals surface area contributed by atoms with E-state index < -0.39 is 9.84 Å². The molecule has 27 heavy (non-hydrogen) atoms. The van der Waals surface area contributed by atoms with Gasteiger partial charge in [0.1, 0.15) is 0 Å². The van der Waals surface area contributed by atoms with Crippen LogP contribution >= 0.6 is 22.9 Å². The van der Waals surface area contributed by atoms with Crippen molar-refractivity contribution in [3.8, 4) is 11.4 Å². The van der Waals surface area contributed by atoms with Gasteiger partial charge in [-0.25, -0.2) is 13.1 Å². The highest BCUT2D eigenvalue weighted by Gasteiger charge is 2.16. The number of amides is 1. The highest BCUT2D eigenvalue weighted by molar-refractivity contribution is 7.90. The van der Waals surface area contributed by atoms with Crippen molar-refractivity contribution in [1.29, 1.82) is 0 Å². The van der Waals surface area contributed by atoms with Gasteiger partial charge in [0.25, 0.3) is 5.91 Å². The molecule has 0 unspecified atom stereocenters. The summed E-state index contributed by atoms with van der Waals surface area (Å²) in [5.74, 6) is 0.244. The average molecular weight is 426 g/mol. The summed E-state index contributed by atoms with van der Waals surface area (Å²) < 4.78 is 30.2. The normalized spacial score (nSPS) is 11.4. The maximum Gasteiger partial charge on any atom is 0.265 e. The van der Waals surface area contributed by atoms with Crippen LogP contribution in [-0.4, -0.2) is 37.5 Å². The fourth-order valence-electron chi connectivity index (χ4n) is 2.40. The Hall–Kier alpha value is -2.36. The molecule has 2 heterocycles. The zero-order valence-corrected chi connectivity index (χ0v) is 17.1. The van der Waals surface area contributed by atoms with E-state index in [1.54, 1.807) is 30.3 Å². The summed E-state index contributed by atoms with van der Waals surface area (Å²) in [6, 6.07) is 5.92. The number of aromatic nitrogens is 2. The topological polar surface area (TPSA) is 90.3 Å². The molecule has 2 aromatic heterocycles. The van der Waals surface area contributed by atoms with E-state index in [0.29, 0.717) is 16.3 Å². The van der Waals surface area contributed by atoms with Crippen LogP contribution in [0.1, 0.15) is 14.5 Å². The van der Waals surface area contributed by atoms with Crippen molar-refractivity contribution >= 4 is 44.4 Å². The van der Waals surface area contributed by atoms with Gasteiger partial charge in [-0.05, 0) is 31.2 Å². The molecule has 0 saturated heterocycles. The van der Waals surface area contributed by atoms with Crippen LogP contribution in [0.15, 0.2) is 41.6 Å². The Morgan fingerprint density at radius 3 is 2.67 bits per heavy atom. The number of nitrogens with one attached hydrogen (secondary N) is 1. The maximum atomic E-state index is 12.6. The lowest BCUT2D eigenvalue weighted by Crippen LogP contribution is -2.11. The predicted molar refractivity (Wildman–Crippen MR) is 105 cm³/mol. The number of sulfone groups is 1. The number of rotatable bonds is 5. The molecule has 0 aliphatic carbocycles. The lowest BCUT2D eigenvalue weighted by atomic mass is 10.3. The molecular weight excluding hydrogens is 410 g/mol. The highest BCUT2D eigenvalue weighted by atomic mass is 35.5. The van der Waals surface area contributed by atoms with E-state index in [1.807, 2.05) is 6.92 Å². The number of thiophene rings is 1. The molecule has 1 amide bonds. The lowest BCUT2D eigenvalue weighted by molar-refractivity contribution is 0.103.